The monoisotopic (exact) mass is 504 g/mol. The van der Waals surface area contributed by atoms with Crippen LogP contribution in [0.2, 0.25) is 0 Å². The number of aliphatic imine (C=N–C) groups is 1. The van der Waals surface area contributed by atoms with E-state index in [2.05, 4.69) is 63.7 Å². The van der Waals surface area contributed by atoms with Crippen molar-refractivity contribution in [2.24, 2.45) is 4.99 Å². The van der Waals surface area contributed by atoms with Crippen molar-refractivity contribution in [1.29, 1.82) is 0 Å². The summed E-state index contributed by atoms with van der Waals surface area (Å²) in [5.41, 5.74) is 4.00. The highest BCUT2D eigenvalue weighted by atomic mass is 127. The zero-order valence-corrected chi connectivity index (χ0v) is 19.2. The number of hydrogen-bond acceptors (Lipinski definition) is 2. The standard InChI is InChI=1S/C23H28N4O.HI/c1-24-23(27-14-12-21(17-27)18-7-3-2-4-8-18)25-15-22(28)26-13-11-19-9-5-6-10-20(19)16-26;/h2-10,21H,11-17H2,1H3,(H,24,25);1H. The maximum atomic E-state index is 12.7. The second kappa shape index (κ2) is 10.1. The molecule has 0 saturated carbocycles. The lowest BCUT2D eigenvalue weighted by molar-refractivity contribution is -0.130. The van der Waals surface area contributed by atoms with E-state index >= 15 is 0 Å². The van der Waals surface area contributed by atoms with E-state index in [0.717, 1.165) is 38.4 Å². The lowest BCUT2D eigenvalue weighted by Gasteiger charge is -2.29. The number of likely N-dealkylation sites (tertiary alicyclic amines) is 1. The van der Waals surface area contributed by atoms with Gasteiger partial charge in [0.15, 0.2) is 5.96 Å². The Morgan fingerprint density at radius 3 is 2.52 bits per heavy atom. The van der Waals surface area contributed by atoms with Crippen molar-refractivity contribution in [3.05, 3.63) is 71.3 Å². The number of fused-ring (bicyclic) bond motifs is 1. The first kappa shape index (κ1) is 21.6. The largest absolute Gasteiger partial charge is 0.347 e. The first-order valence-corrected chi connectivity index (χ1v) is 10.1. The van der Waals surface area contributed by atoms with Crippen LogP contribution in [0.5, 0.6) is 0 Å². The highest BCUT2D eigenvalue weighted by molar-refractivity contribution is 14.0. The van der Waals surface area contributed by atoms with E-state index in [1.807, 2.05) is 11.0 Å². The number of nitrogens with zero attached hydrogens (tertiary/aromatic N) is 3. The topological polar surface area (TPSA) is 47.9 Å². The molecule has 1 fully saturated rings. The molecule has 154 valence electrons. The molecule has 2 heterocycles. The highest BCUT2D eigenvalue weighted by Crippen LogP contribution is 2.26. The highest BCUT2D eigenvalue weighted by Gasteiger charge is 2.27. The molecule has 2 aromatic carbocycles. The Labute approximate surface area is 190 Å². The van der Waals surface area contributed by atoms with Crippen LogP contribution in [-0.4, -0.2) is 54.9 Å². The number of rotatable bonds is 3. The summed E-state index contributed by atoms with van der Waals surface area (Å²) < 4.78 is 0. The summed E-state index contributed by atoms with van der Waals surface area (Å²) in [7, 11) is 1.79. The van der Waals surface area contributed by atoms with Gasteiger partial charge in [-0.2, -0.15) is 0 Å². The maximum absolute atomic E-state index is 12.7. The maximum Gasteiger partial charge on any atom is 0.242 e. The van der Waals surface area contributed by atoms with Crippen molar-refractivity contribution in [1.82, 2.24) is 15.1 Å². The van der Waals surface area contributed by atoms with Gasteiger partial charge in [-0.05, 0) is 29.5 Å². The summed E-state index contributed by atoms with van der Waals surface area (Å²) in [5.74, 6) is 1.48. The van der Waals surface area contributed by atoms with Crippen molar-refractivity contribution in [2.75, 3.05) is 33.2 Å². The molecule has 0 spiro atoms. The van der Waals surface area contributed by atoms with Gasteiger partial charge in [-0.25, -0.2) is 0 Å². The molecule has 1 amide bonds. The van der Waals surface area contributed by atoms with Gasteiger partial charge in [0, 0.05) is 39.1 Å². The normalized spacial score (nSPS) is 18.8. The van der Waals surface area contributed by atoms with Gasteiger partial charge in [0.25, 0.3) is 0 Å². The molecule has 6 heteroatoms. The SMILES string of the molecule is CN=C(NCC(=O)N1CCc2ccccc2C1)N1CCC(c2ccccc2)C1.I. The van der Waals surface area contributed by atoms with Gasteiger partial charge in [0.2, 0.25) is 5.91 Å². The molecule has 29 heavy (non-hydrogen) atoms. The van der Waals surface area contributed by atoms with E-state index < -0.39 is 0 Å². The van der Waals surface area contributed by atoms with Crippen molar-refractivity contribution >= 4 is 35.8 Å². The molecule has 0 radical (unpaired) electrons. The summed E-state index contributed by atoms with van der Waals surface area (Å²) in [4.78, 5) is 21.3. The summed E-state index contributed by atoms with van der Waals surface area (Å²) in [6.45, 7) is 3.69. The number of halogens is 1. The van der Waals surface area contributed by atoms with Gasteiger partial charge in [0.05, 0.1) is 6.54 Å². The Hall–Kier alpha value is -2.09. The lowest BCUT2D eigenvalue weighted by atomic mass is 9.99. The number of hydrogen-bond donors (Lipinski definition) is 1. The first-order chi connectivity index (χ1) is 13.7. The van der Waals surface area contributed by atoms with E-state index in [1.54, 1.807) is 7.05 Å². The third-order valence-corrected chi connectivity index (χ3v) is 5.85. The molecule has 1 atom stereocenters. The summed E-state index contributed by atoms with van der Waals surface area (Å²) in [6, 6.07) is 19.0. The van der Waals surface area contributed by atoms with Crippen LogP contribution in [0, 0.1) is 0 Å². The Kier molecular flexibility index (Phi) is 7.52. The number of amides is 1. The van der Waals surface area contributed by atoms with Crippen LogP contribution in [0.15, 0.2) is 59.6 Å². The molecule has 4 rings (SSSR count). The number of carbonyl (C=O) groups is 1. The molecule has 0 bridgehead atoms. The summed E-state index contributed by atoms with van der Waals surface area (Å²) in [5, 5.41) is 3.29. The third kappa shape index (κ3) is 5.10. The second-order valence-electron chi connectivity index (χ2n) is 7.58. The lowest BCUT2D eigenvalue weighted by Crippen LogP contribution is -2.46. The minimum Gasteiger partial charge on any atom is -0.347 e. The Balaban J connectivity index is 0.00000240. The van der Waals surface area contributed by atoms with Crippen LogP contribution in [0.1, 0.15) is 29.0 Å². The minimum atomic E-state index is 0. The van der Waals surface area contributed by atoms with Crippen LogP contribution in [0.4, 0.5) is 0 Å². The molecule has 0 aromatic heterocycles. The van der Waals surface area contributed by atoms with Crippen LogP contribution < -0.4 is 5.32 Å². The molecule has 0 aliphatic carbocycles. The number of guanidine groups is 1. The Bertz CT molecular complexity index is 855. The fourth-order valence-electron chi connectivity index (χ4n) is 4.26. The van der Waals surface area contributed by atoms with E-state index in [9.17, 15) is 4.79 Å². The molecular formula is C23H29IN4O. The molecule has 5 nitrogen and oxygen atoms in total. The predicted molar refractivity (Wildman–Crippen MR) is 128 cm³/mol. The van der Waals surface area contributed by atoms with E-state index in [1.165, 1.54) is 16.7 Å². The quantitative estimate of drug-likeness (QED) is 0.397. The van der Waals surface area contributed by atoms with Crippen molar-refractivity contribution in [3.8, 4) is 0 Å². The summed E-state index contributed by atoms with van der Waals surface area (Å²) in [6.07, 6.45) is 2.04. The van der Waals surface area contributed by atoms with Gasteiger partial charge in [-0.3, -0.25) is 9.79 Å². The summed E-state index contributed by atoms with van der Waals surface area (Å²) >= 11 is 0. The van der Waals surface area contributed by atoms with Crippen molar-refractivity contribution < 1.29 is 4.79 Å². The third-order valence-electron chi connectivity index (χ3n) is 5.85. The van der Waals surface area contributed by atoms with Crippen LogP contribution >= 0.6 is 24.0 Å². The zero-order valence-electron chi connectivity index (χ0n) is 16.9. The number of carbonyl (C=O) groups excluding carboxylic acids is 1. The van der Waals surface area contributed by atoms with Gasteiger partial charge in [-0.15, -0.1) is 24.0 Å². The van der Waals surface area contributed by atoms with Crippen LogP contribution in [-0.2, 0) is 17.8 Å². The van der Waals surface area contributed by atoms with Crippen molar-refractivity contribution in [2.45, 2.75) is 25.3 Å². The molecule has 2 aliphatic rings. The molecule has 2 aromatic rings. The zero-order chi connectivity index (χ0) is 19.3. The van der Waals surface area contributed by atoms with Gasteiger partial charge in [0.1, 0.15) is 0 Å². The van der Waals surface area contributed by atoms with Gasteiger partial charge in [-0.1, -0.05) is 54.6 Å². The predicted octanol–water partition coefficient (Wildman–Crippen LogP) is 3.25. The fraction of sp³-hybridized carbons (Fsp3) is 0.391. The molecule has 1 saturated heterocycles. The van der Waals surface area contributed by atoms with Crippen LogP contribution in [0.3, 0.4) is 0 Å². The molecule has 1 unspecified atom stereocenters. The minimum absolute atomic E-state index is 0. The molecule has 1 N–H and O–H groups in total. The fourth-order valence-corrected chi connectivity index (χ4v) is 4.26. The molecular weight excluding hydrogens is 475 g/mol. The molecule has 2 aliphatic heterocycles. The van der Waals surface area contributed by atoms with E-state index in [0.29, 0.717) is 19.0 Å². The van der Waals surface area contributed by atoms with Crippen molar-refractivity contribution in [3.63, 3.8) is 0 Å². The average molecular weight is 504 g/mol. The number of nitrogens with one attached hydrogen (secondary N) is 1. The van der Waals surface area contributed by atoms with Gasteiger partial charge >= 0.3 is 0 Å². The van der Waals surface area contributed by atoms with Gasteiger partial charge < -0.3 is 15.1 Å². The first-order valence-electron chi connectivity index (χ1n) is 10.1. The number of benzene rings is 2. The Morgan fingerprint density at radius 2 is 1.76 bits per heavy atom. The van der Waals surface area contributed by atoms with E-state index in [-0.39, 0.29) is 29.9 Å². The average Bonchev–Trinajstić information content (AvgIpc) is 3.24. The Morgan fingerprint density at radius 1 is 1.03 bits per heavy atom. The second-order valence-corrected chi connectivity index (χ2v) is 7.58. The smallest absolute Gasteiger partial charge is 0.242 e. The van der Waals surface area contributed by atoms with Crippen LogP contribution in [0.25, 0.3) is 0 Å². The van der Waals surface area contributed by atoms with E-state index in [4.69, 9.17) is 0 Å².